The van der Waals surface area contributed by atoms with Crippen molar-refractivity contribution < 1.29 is 23.1 Å². The van der Waals surface area contributed by atoms with E-state index < -0.39 is 24.0 Å². The first-order valence-electron chi connectivity index (χ1n) is 2.72. The van der Waals surface area contributed by atoms with Gasteiger partial charge in [0, 0.05) is 0 Å². The van der Waals surface area contributed by atoms with Crippen LogP contribution >= 0.6 is 0 Å². The molecular weight excluding hydrogens is 149 g/mol. The maximum absolute atomic E-state index is 11.6. The Morgan fingerprint density at radius 3 is 2.10 bits per heavy atom. The molecule has 0 aromatic carbocycles. The van der Waals surface area contributed by atoms with Crippen LogP contribution in [0.5, 0.6) is 0 Å². The van der Waals surface area contributed by atoms with Crippen molar-refractivity contribution in [2.75, 3.05) is 0 Å². The number of halogens is 3. The van der Waals surface area contributed by atoms with E-state index in [4.69, 9.17) is 5.11 Å². The molecule has 10 heavy (non-hydrogen) atoms. The second kappa shape index (κ2) is 1.87. The van der Waals surface area contributed by atoms with Crippen LogP contribution in [0.1, 0.15) is 6.42 Å². The third-order valence-corrected chi connectivity index (χ3v) is 1.53. The molecule has 1 rings (SSSR count). The van der Waals surface area contributed by atoms with Gasteiger partial charge in [-0.3, -0.25) is 4.79 Å². The molecule has 2 unspecified atom stereocenters. The molecule has 58 valence electrons. The number of carboxylic acids is 1. The molecule has 0 amide bonds. The summed E-state index contributed by atoms with van der Waals surface area (Å²) >= 11 is 0. The van der Waals surface area contributed by atoms with Gasteiger partial charge in [-0.1, -0.05) is 0 Å². The molecule has 0 saturated heterocycles. The number of carboxylic acid groups (broad SMARTS) is 1. The van der Waals surface area contributed by atoms with Crippen LogP contribution in [-0.2, 0) is 4.79 Å². The highest BCUT2D eigenvalue weighted by molar-refractivity contribution is 5.73. The quantitative estimate of drug-likeness (QED) is 0.617. The summed E-state index contributed by atoms with van der Waals surface area (Å²) in [5, 5.41) is 8.09. The van der Waals surface area contributed by atoms with Gasteiger partial charge in [0.25, 0.3) is 0 Å². The summed E-state index contributed by atoms with van der Waals surface area (Å²) in [4.78, 5) is 9.92. The van der Waals surface area contributed by atoms with E-state index in [0.29, 0.717) is 0 Å². The molecule has 0 aliphatic heterocycles. The van der Waals surface area contributed by atoms with Gasteiger partial charge >= 0.3 is 12.1 Å². The summed E-state index contributed by atoms with van der Waals surface area (Å²) in [6.45, 7) is 0. The lowest BCUT2D eigenvalue weighted by Crippen LogP contribution is -2.14. The Hall–Kier alpha value is -0.740. The molecule has 1 aliphatic rings. The highest BCUT2D eigenvalue weighted by Gasteiger charge is 2.59. The van der Waals surface area contributed by atoms with Crippen LogP contribution < -0.4 is 0 Å². The topological polar surface area (TPSA) is 37.3 Å². The van der Waals surface area contributed by atoms with Crippen LogP contribution in [0.15, 0.2) is 0 Å². The van der Waals surface area contributed by atoms with Crippen molar-refractivity contribution in [3.8, 4) is 0 Å². The highest BCUT2D eigenvalue weighted by Crippen LogP contribution is 2.49. The molecule has 1 aliphatic carbocycles. The number of hydrogen-bond donors (Lipinski definition) is 1. The number of carbonyl (C=O) groups is 1. The van der Waals surface area contributed by atoms with Crippen molar-refractivity contribution in [3.05, 3.63) is 0 Å². The summed E-state index contributed by atoms with van der Waals surface area (Å²) in [6.07, 6.45) is -4.57. The number of hydrogen-bond acceptors (Lipinski definition) is 1. The maximum Gasteiger partial charge on any atom is 0.392 e. The lowest BCUT2D eigenvalue weighted by atomic mass is 10.3. The highest BCUT2D eigenvalue weighted by atomic mass is 19.4. The molecule has 2 atom stereocenters. The third-order valence-electron chi connectivity index (χ3n) is 1.53. The Kier molecular flexibility index (Phi) is 1.38. The minimum Gasteiger partial charge on any atom is -0.481 e. The summed E-state index contributed by atoms with van der Waals surface area (Å²) in [5.74, 6) is -4.12. The number of rotatable bonds is 1. The van der Waals surface area contributed by atoms with Crippen molar-refractivity contribution in [1.29, 1.82) is 0 Å². The zero-order valence-corrected chi connectivity index (χ0v) is 4.85. The molecule has 0 radical (unpaired) electrons. The van der Waals surface area contributed by atoms with Crippen molar-refractivity contribution in [2.45, 2.75) is 12.6 Å². The number of alkyl halides is 3. The van der Waals surface area contributed by atoms with Crippen LogP contribution in [0.3, 0.4) is 0 Å². The van der Waals surface area contributed by atoms with E-state index in [1.54, 1.807) is 0 Å². The maximum atomic E-state index is 11.6. The van der Waals surface area contributed by atoms with Crippen molar-refractivity contribution in [3.63, 3.8) is 0 Å². The van der Waals surface area contributed by atoms with Gasteiger partial charge in [-0.15, -0.1) is 0 Å². The first kappa shape index (κ1) is 7.37. The predicted octanol–water partition coefficient (Wildman–Crippen LogP) is 1.27. The molecule has 5 heteroatoms. The lowest BCUT2D eigenvalue weighted by Gasteiger charge is -2.01. The Morgan fingerprint density at radius 1 is 1.50 bits per heavy atom. The Labute approximate surface area is 54.6 Å². The fourth-order valence-electron chi connectivity index (χ4n) is 0.830. The average Bonchev–Trinajstić information content (AvgIpc) is 2.35. The zero-order chi connectivity index (χ0) is 7.94. The molecule has 0 aromatic heterocycles. The summed E-state index contributed by atoms with van der Waals surface area (Å²) in [7, 11) is 0. The van der Waals surface area contributed by atoms with Gasteiger partial charge in [0.05, 0.1) is 11.8 Å². The zero-order valence-electron chi connectivity index (χ0n) is 4.85. The minimum absolute atomic E-state index is 0.251. The number of aliphatic carboxylic acids is 1. The molecule has 0 aromatic rings. The van der Waals surface area contributed by atoms with E-state index >= 15 is 0 Å². The molecule has 2 nitrogen and oxygen atoms in total. The van der Waals surface area contributed by atoms with Crippen molar-refractivity contribution in [1.82, 2.24) is 0 Å². The fraction of sp³-hybridized carbons (Fsp3) is 0.800. The SMILES string of the molecule is O=C(O)C1CC1C(F)(F)F. The molecule has 0 heterocycles. The van der Waals surface area contributed by atoms with Crippen LogP contribution in [-0.4, -0.2) is 17.3 Å². The van der Waals surface area contributed by atoms with Crippen molar-refractivity contribution >= 4 is 5.97 Å². The lowest BCUT2D eigenvalue weighted by molar-refractivity contribution is -0.160. The van der Waals surface area contributed by atoms with Gasteiger partial charge < -0.3 is 5.11 Å². The Bertz CT molecular complexity index is 163. The average molecular weight is 154 g/mol. The minimum atomic E-state index is -4.32. The standard InChI is InChI=1S/C5H5F3O2/c6-5(7,8)3-1-2(3)4(9)10/h2-3H,1H2,(H,9,10). The molecule has 1 N–H and O–H groups in total. The monoisotopic (exact) mass is 154 g/mol. The van der Waals surface area contributed by atoms with E-state index in [-0.39, 0.29) is 6.42 Å². The van der Waals surface area contributed by atoms with E-state index in [9.17, 15) is 18.0 Å². The second-order valence-corrected chi connectivity index (χ2v) is 2.33. The molecule has 0 spiro atoms. The molecule has 1 saturated carbocycles. The molecular formula is C5H5F3O2. The van der Waals surface area contributed by atoms with Crippen LogP contribution in [0.4, 0.5) is 13.2 Å². The van der Waals surface area contributed by atoms with E-state index in [1.807, 2.05) is 0 Å². The first-order chi connectivity index (χ1) is 4.43. The fourth-order valence-corrected chi connectivity index (χ4v) is 0.830. The summed E-state index contributed by atoms with van der Waals surface area (Å²) < 4.78 is 34.8. The van der Waals surface area contributed by atoms with Crippen LogP contribution in [0, 0.1) is 11.8 Å². The van der Waals surface area contributed by atoms with Gasteiger partial charge in [-0.2, -0.15) is 13.2 Å². The third kappa shape index (κ3) is 1.22. The van der Waals surface area contributed by atoms with E-state index in [1.165, 1.54) is 0 Å². The van der Waals surface area contributed by atoms with Gasteiger partial charge in [0.1, 0.15) is 0 Å². The largest absolute Gasteiger partial charge is 0.481 e. The van der Waals surface area contributed by atoms with Gasteiger partial charge in [0.2, 0.25) is 0 Å². The van der Waals surface area contributed by atoms with E-state index in [0.717, 1.165) is 0 Å². The summed E-state index contributed by atoms with van der Waals surface area (Å²) in [6, 6.07) is 0. The molecule has 1 fully saturated rings. The van der Waals surface area contributed by atoms with Gasteiger partial charge in [0.15, 0.2) is 0 Å². The predicted molar refractivity (Wildman–Crippen MR) is 25.3 cm³/mol. The van der Waals surface area contributed by atoms with Gasteiger partial charge in [-0.05, 0) is 6.42 Å². The van der Waals surface area contributed by atoms with Crippen LogP contribution in [0.25, 0.3) is 0 Å². The molecule has 0 bridgehead atoms. The first-order valence-corrected chi connectivity index (χ1v) is 2.72. The normalized spacial score (nSPS) is 31.9. The smallest absolute Gasteiger partial charge is 0.392 e. The summed E-state index contributed by atoms with van der Waals surface area (Å²) in [5.41, 5.74) is 0. The Morgan fingerprint density at radius 2 is 2.00 bits per heavy atom. The second-order valence-electron chi connectivity index (χ2n) is 2.33. The van der Waals surface area contributed by atoms with Crippen molar-refractivity contribution in [2.24, 2.45) is 11.8 Å². The Balaban J connectivity index is 2.46. The van der Waals surface area contributed by atoms with Gasteiger partial charge in [-0.25, -0.2) is 0 Å². The van der Waals surface area contributed by atoms with E-state index in [2.05, 4.69) is 0 Å². The van der Waals surface area contributed by atoms with Crippen LogP contribution in [0.2, 0.25) is 0 Å².